The van der Waals surface area contributed by atoms with Crippen molar-refractivity contribution in [1.29, 1.82) is 0 Å². The fraction of sp³-hybridized carbons (Fsp3) is 0.385. The molecule has 0 saturated carbocycles. The molecule has 1 N–H and O–H groups in total. The number of nitrogens with zero attached hydrogens (tertiary/aromatic N) is 1. The number of carbonyl (C=O) groups is 2. The van der Waals surface area contributed by atoms with Gasteiger partial charge in [-0.2, -0.15) is 0 Å². The second-order valence-electron chi connectivity index (χ2n) is 8.32. The van der Waals surface area contributed by atoms with Gasteiger partial charge in [-0.1, -0.05) is 30.3 Å². The van der Waals surface area contributed by atoms with E-state index in [0.717, 1.165) is 47.8 Å². The molecular weight excluding hydrogens is 407 g/mol. The van der Waals surface area contributed by atoms with Crippen molar-refractivity contribution in [1.82, 2.24) is 9.88 Å². The standard InChI is InChI=1S/C26H29FN2O3/c1-2-32-26(31)17-29-23-13-11-19(27)15-21(23)22-16-20(12-14-24(22)29)28-25(30)10-6-9-18-7-4-3-5-8-18/h3-5,7-8,11,13,15,20H,2,6,9-10,12,14,16-17H2,1H3,(H,28,30)/t20-/m0/s1. The quantitative estimate of drug-likeness (QED) is 0.535. The minimum atomic E-state index is -0.305. The van der Waals surface area contributed by atoms with E-state index in [2.05, 4.69) is 17.4 Å². The van der Waals surface area contributed by atoms with Crippen LogP contribution in [-0.2, 0) is 40.1 Å². The van der Waals surface area contributed by atoms with Crippen molar-refractivity contribution in [3.63, 3.8) is 0 Å². The van der Waals surface area contributed by atoms with Crippen LogP contribution in [0.25, 0.3) is 10.9 Å². The molecule has 0 unspecified atom stereocenters. The van der Waals surface area contributed by atoms with E-state index in [9.17, 15) is 14.0 Å². The smallest absolute Gasteiger partial charge is 0.325 e. The van der Waals surface area contributed by atoms with Gasteiger partial charge in [0.05, 0.1) is 6.61 Å². The number of hydrogen-bond donors (Lipinski definition) is 1. The summed E-state index contributed by atoms with van der Waals surface area (Å²) in [5.74, 6) is -0.554. The molecule has 1 aliphatic carbocycles. The first-order valence-corrected chi connectivity index (χ1v) is 11.3. The number of benzene rings is 2. The zero-order valence-corrected chi connectivity index (χ0v) is 18.4. The summed E-state index contributed by atoms with van der Waals surface area (Å²) in [4.78, 5) is 24.7. The van der Waals surface area contributed by atoms with E-state index in [1.54, 1.807) is 13.0 Å². The number of esters is 1. The van der Waals surface area contributed by atoms with Crippen molar-refractivity contribution in [2.45, 2.75) is 58.0 Å². The maximum Gasteiger partial charge on any atom is 0.325 e. The topological polar surface area (TPSA) is 60.3 Å². The third-order valence-corrected chi connectivity index (χ3v) is 6.10. The number of carbonyl (C=O) groups excluding carboxylic acids is 2. The van der Waals surface area contributed by atoms with Crippen LogP contribution in [0, 0.1) is 5.82 Å². The van der Waals surface area contributed by atoms with Crippen molar-refractivity contribution in [2.24, 2.45) is 0 Å². The third-order valence-electron chi connectivity index (χ3n) is 6.10. The Morgan fingerprint density at radius 3 is 2.78 bits per heavy atom. The van der Waals surface area contributed by atoms with Crippen LogP contribution < -0.4 is 5.32 Å². The maximum absolute atomic E-state index is 14.0. The minimum Gasteiger partial charge on any atom is -0.465 e. The van der Waals surface area contributed by atoms with Crippen LogP contribution in [0.3, 0.4) is 0 Å². The van der Waals surface area contributed by atoms with E-state index < -0.39 is 0 Å². The van der Waals surface area contributed by atoms with Crippen LogP contribution in [0.15, 0.2) is 48.5 Å². The van der Waals surface area contributed by atoms with Crippen molar-refractivity contribution in [2.75, 3.05) is 6.61 Å². The van der Waals surface area contributed by atoms with Gasteiger partial charge in [0, 0.05) is 29.1 Å². The summed E-state index contributed by atoms with van der Waals surface area (Å²) in [6.45, 7) is 2.22. The maximum atomic E-state index is 14.0. The van der Waals surface area contributed by atoms with Crippen LogP contribution in [0.1, 0.15) is 43.0 Å². The number of fused-ring (bicyclic) bond motifs is 3. The van der Waals surface area contributed by atoms with E-state index in [4.69, 9.17) is 4.74 Å². The molecule has 32 heavy (non-hydrogen) atoms. The lowest BCUT2D eigenvalue weighted by Crippen LogP contribution is -2.39. The molecule has 6 heteroatoms. The molecular formula is C26H29FN2O3. The van der Waals surface area contributed by atoms with Crippen LogP contribution in [0.4, 0.5) is 4.39 Å². The number of hydrogen-bond acceptors (Lipinski definition) is 3. The Bertz CT molecular complexity index is 1110. The Labute approximate surface area is 187 Å². The predicted molar refractivity (Wildman–Crippen MR) is 122 cm³/mol. The molecule has 5 nitrogen and oxygen atoms in total. The molecule has 0 radical (unpaired) electrons. The lowest BCUT2D eigenvalue weighted by molar-refractivity contribution is -0.143. The van der Waals surface area contributed by atoms with Gasteiger partial charge in [-0.05, 0) is 68.4 Å². The number of rotatable bonds is 8. The van der Waals surface area contributed by atoms with Crippen molar-refractivity contribution >= 4 is 22.8 Å². The van der Waals surface area contributed by atoms with Gasteiger partial charge in [-0.15, -0.1) is 0 Å². The monoisotopic (exact) mass is 436 g/mol. The first-order valence-electron chi connectivity index (χ1n) is 11.3. The van der Waals surface area contributed by atoms with Crippen LogP contribution in [-0.4, -0.2) is 29.1 Å². The highest BCUT2D eigenvalue weighted by atomic mass is 19.1. The second kappa shape index (κ2) is 9.98. The van der Waals surface area contributed by atoms with E-state index in [0.29, 0.717) is 19.4 Å². The van der Waals surface area contributed by atoms with Gasteiger partial charge < -0.3 is 14.6 Å². The van der Waals surface area contributed by atoms with E-state index in [1.807, 2.05) is 22.8 Å². The number of halogens is 1. The molecule has 168 valence electrons. The number of ether oxygens (including phenoxy) is 1. The van der Waals surface area contributed by atoms with E-state index in [-0.39, 0.29) is 30.3 Å². The van der Waals surface area contributed by atoms with Crippen molar-refractivity contribution in [3.05, 3.63) is 71.2 Å². The molecule has 0 saturated heterocycles. The molecule has 1 amide bonds. The lowest BCUT2D eigenvalue weighted by atomic mass is 9.91. The number of aryl methyl sites for hydroxylation is 1. The molecule has 0 aliphatic heterocycles. The largest absolute Gasteiger partial charge is 0.465 e. The minimum absolute atomic E-state index is 0.0108. The van der Waals surface area contributed by atoms with Crippen LogP contribution in [0.2, 0.25) is 0 Å². The van der Waals surface area contributed by atoms with Crippen molar-refractivity contribution in [3.8, 4) is 0 Å². The molecule has 1 aliphatic rings. The van der Waals surface area contributed by atoms with Crippen LogP contribution >= 0.6 is 0 Å². The van der Waals surface area contributed by atoms with Gasteiger partial charge in [0.15, 0.2) is 0 Å². The average Bonchev–Trinajstić information content (AvgIpc) is 3.07. The molecule has 0 bridgehead atoms. The highest BCUT2D eigenvalue weighted by Gasteiger charge is 2.27. The molecule has 1 aromatic heterocycles. The summed E-state index contributed by atoms with van der Waals surface area (Å²) < 4.78 is 21.1. The summed E-state index contributed by atoms with van der Waals surface area (Å²) >= 11 is 0. The fourth-order valence-electron chi connectivity index (χ4n) is 4.66. The Morgan fingerprint density at radius 2 is 2.00 bits per heavy atom. The molecule has 2 aromatic carbocycles. The summed E-state index contributed by atoms with van der Waals surface area (Å²) in [6.07, 6.45) is 4.31. The molecule has 4 rings (SSSR count). The van der Waals surface area contributed by atoms with Gasteiger partial charge >= 0.3 is 5.97 Å². The molecule has 3 aromatic rings. The fourth-order valence-corrected chi connectivity index (χ4v) is 4.66. The van der Waals surface area contributed by atoms with E-state index in [1.165, 1.54) is 17.7 Å². The third kappa shape index (κ3) is 5.01. The molecule has 1 atom stereocenters. The van der Waals surface area contributed by atoms with Gasteiger partial charge in [0.1, 0.15) is 12.4 Å². The Morgan fingerprint density at radius 1 is 1.19 bits per heavy atom. The normalized spacial score (nSPS) is 15.4. The Hall–Kier alpha value is -3.15. The van der Waals surface area contributed by atoms with E-state index >= 15 is 0 Å². The molecule has 1 heterocycles. The number of amides is 1. The van der Waals surface area contributed by atoms with Gasteiger partial charge in [0.2, 0.25) is 5.91 Å². The number of nitrogens with one attached hydrogen (secondary N) is 1. The average molecular weight is 437 g/mol. The zero-order chi connectivity index (χ0) is 22.5. The molecule has 0 spiro atoms. The number of aromatic nitrogens is 1. The van der Waals surface area contributed by atoms with Gasteiger partial charge in [-0.3, -0.25) is 9.59 Å². The molecule has 0 fully saturated rings. The predicted octanol–water partition coefficient (Wildman–Crippen LogP) is 4.34. The second-order valence-corrected chi connectivity index (χ2v) is 8.32. The Balaban J connectivity index is 1.44. The first-order chi connectivity index (χ1) is 15.5. The van der Waals surface area contributed by atoms with Gasteiger partial charge in [0.25, 0.3) is 0 Å². The van der Waals surface area contributed by atoms with Gasteiger partial charge in [-0.25, -0.2) is 4.39 Å². The summed E-state index contributed by atoms with van der Waals surface area (Å²) in [5.41, 5.74) is 4.12. The highest BCUT2D eigenvalue weighted by Crippen LogP contribution is 2.33. The highest BCUT2D eigenvalue weighted by molar-refractivity contribution is 5.87. The van der Waals surface area contributed by atoms with Crippen LogP contribution in [0.5, 0.6) is 0 Å². The summed E-state index contributed by atoms with van der Waals surface area (Å²) in [5, 5.41) is 3.97. The summed E-state index contributed by atoms with van der Waals surface area (Å²) in [7, 11) is 0. The summed E-state index contributed by atoms with van der Waals surface area (Å²) in [6, 6.07) is 14.8. The van der Waals surface area contributed by atoms with Crippen molar-refractivity contribution < 1.29 is 18.7 Å². The Kier molecular flexibility index (Phi) is 6.88. The lowest BCUT2D eigenvalue weighted by Gasteiger charge is -2.25. The zero-order valence-electron chi connectivity index (χ0n) is 18.4. The SMILES string of the molecule is CCOC(=O)Cn1c2c(c3cc(F)ccc31)C[C@@H](NC(=O)CCCc1ccccc1)CC2. The first kappa shape index (κ1) is 22.1.